The topological polar surface area (TPSA) is 27.7 Å². The standard InChI is InChI=1S/C28H27IO3P/c1-30-23-13-4-7-16-26(23)33(20-21-11-10-12-22(29)19-21,27-17-8-5-14-24(27)31-2)28-18-9-6-15-25(28)32-3/h4-19H,20H2,1-3H3/q+1. The van der Waals surface area contributed by atoms with Crippen LogP contribution < -0.4 is 30.1 Å². The van der Waals surface area contributed by atoms with Crippen molar-refractivity contribution in [3.63, 3.8) is 0 Å². The number of benzene rings is 4. The van der Waals surface area contributed by atoms with Crippen LogP contribution in [0.2, 0.25) is 0 Å². The van der Waals surface area contributed by atoms with Crippen molar-refractivity contribution >= 4 is 45.8 Å². The summed E-state index contributed by atoms with van der Waals surface area (Å²) >= 11 is 2.38. The number of methoxy groups -OCH3 is 3. The molecule has 0 aliphatic heterocycles. The molecule has 5 heteroatoms. The number of hydrogen-bond donors (Lipinski definition) is 0. The molecule has 0 radical (unpaired) electrons. The zero-order valence-corrected chi connectivity index (χ0v) is 22.0. The first kappa shape index (κ1) is 23.6. The van der Waals surface area contributed by atoms with E-state index in [0.717, 1.165) is 23.4 Å². The van der Waals surface area contributed by atoms with E-state index in [4.69, 9.17) is 14.2 Å². The van der Waals surface area contributed by atoms with Gasteiger partial charge < -0.3 is 14.2 Å². The van der Waals surface area contributed by atoms with Crippen molar-refractivity contribution in [1.29, 1.82) is 0 Å². The Kier molecular flexibility index (Phi) is 7.56. The summed E-state index contributed by atoms with van der Waals surface area (Å²) in [7, 11) is 2.88. The summed E-state index contributed by atoms with van der Waals surface area (Å²) in [5.41, 5.74) is 1.26. The second-order valence-corrected chi connectivity index (χ2v) is 12.2. The van der Waals surface area contributed by atoms with Crippen LogP contribution in [0.3, 0.4) is 0 Å². The van der Waals surface area contributed by atoms with Crippen LogP contribution in [0.5, 0.6) is 17.2 Å². The lowest BCUT2D eigenvalue weighted by atomic mass is 10.2. The van der Waals surface area contributed by atoms with Gasteiger partial charge in [-0.3, -0.25) is 0 Å². The summed E-state index contributed by atoms with van der Waals surface area (Å²) in [6, 6.07) is 33.8. The van der Waals surface area contributed by atoms with E-state index in [-0.39, 0.29) is 0 Å². The van der Waals surface area contributed by atoms with Crippen LogP contribution in [-0.2, 0) is 6.16 Å². The molecule has 4 aromatic rings. The normalized spacial score (nSPS) is 11.2. The number of rotatable bonds is 8. The molecule has 0 aliphatic carbocycles. The molecular formula is C28H27IO3P+. The summed E-state index contributed by atoms with van der Waals surface area (Å²) in [4.78, 5) is 0. The van der Waals surface area contributed by atoms with Gasteiger partial charge in [0.05, 0.1) is 27.5 Å². The van der Waals surface area contributed by atoms with Crippen LogP contribution in [0.25, 0.3) is 0 Å². The van der Waals surface area contributed by atoms with Crippen LogP contribution in [-0.4, -0.2) is 21.3 Å². The third-order valence-corrected chi connectivity index (χ3v) is 10.9. The van der Waals surface area contributed by atoms with Gasteiger partial charge in [-0.15, -0.1) is 0 Å². The third kappa shape index (κ3) is 4.60. The van der Waals surface area contributed by atoms with Crippen molar-refractivity contribution in [3.05, 3.63) is 106 Å². The summed E-state index contributed by atoms with van der Waals surface area (Å²) in [5, 5.41) is 3.50. The molecule has 0 unspecified atom stereocenters. The summed E-state index contributed by atoms with van der Waals surface area (Å²) < 4.78 is 19.1. The molecule has 0 amide bonds. The van der Waals surface area contributed by atoms with Crippen LogP contribution in [0.15, 0.2) is 97.1 Å². The van der Waals surface area contributed by atoms with E-state index in [2.05, 4.69) is 83.3 Å². The first-order valence-corrected chi connectivity index (χ1v) is 13.7. The first-order valence-electron chi connectivity index (χ1n) is 10.7. The Morgan fingerprint density at radius 3 is 1.39 bits per heavy atom. The second-order valence-electron chi connectivity index (χ2n) is 7.61. The highest BCUT2D eigenvalue weighted by Crippen LogP contribution is 2.62. The average Bonchev–Trinajstić information content (AvgIpc) is 2.87. The van der Waals surface area contributed by atoms with Gasteiger partial charge in [0.15, 0.2) is 17.2 Å². The number of para-hydroxylation sites is 3. The predicted octanol–water partition coefficient (Wildman–Crippen LogP) is 5.81. The van der Waals surface area contributed by atoms with E-state index >= 15 is 0 Å². The lowest BCUT2D eigenvalue weighted by molar-refractivity contribution is 0.416. The highest BCUT2D eigenvalue weighted by atomic mass is 127. The Morgan fingerprint density at radius 1 is 0.576 bits per heavy atom. The zero-order valence-electron chi connectivity index (χ0n) is 19.0. The van der Waals surface area contributed by atoms with Gasteiger partial charge in [0, 0.05) is 3.57 Å². The van der Waals surface area contributed by atoms with E-state index in [1.54, 1.807) is 21.3 Å². The zero-order chi connectivity index (χ0) is 23.3. The Labute approximate surface area is 210 Å². The maximum atomic E-state index is 5.95. The summed E-state index contributed by atoms with van der Waals surface area (Å²) in [6.07, 6.45) is 0.810. The smallest absolute Gasteiger partial charge is 0.161 e. The Balaban J connectivity index is 2.16. The van der Waals surface area contributed by atoms with Crippen molar-refractivity contribution in [2.75, 3.05) is 21.3 Å². The van der Waals surface area contributed by atoms with E-state index in [1.807, 2.05) is 36.4 Å². The molecule has 0 atom stereocenters. The molecule has 0 N–H and O–H groups in total. The van der Waals surface area contributed by atoms with Gasteiger partial charge in [0.1, 0.15) is 23.2 Å². The number of halogens is 1. The SMILES string of the molecule is COc1ccccc1[P+](Cc1cccc(I)c1)(c1ccccc1OC)c1ccccc1OC. The van der Waals surface area contributed by atoms with Gasteiger partial charge in [-0.2, -0.15) is 0 Å². The minimum atomic E-state index is -2.34. The number of ether oxygens (including phenoxy) is 3. The van der Waals surface area contributed by atoms with E-state index < -0.39 is 7.26 Å². The quantitative estimate of drug-likeness (QED) is 0.198. The minimum absolute atomic E-state index is 0.810. The lowest BCUT2D eigenvalue weighted by Crippen LogP contribution is -2.34. The molecule has 4 rings (SSSR count). The minimum Gasteiger partial charge on any atom is -0.493 e. The molecule has 4 aromatic carbocycles. The van der Waals surface area contributed by atoms with Crippen LogP contribution in [0.1, 0.15) is 5.56 Å². The molecule has 0 heterocycles. The van der Waals surface area contributed by atoms with Crippen molar-refractivity contribution in [2.24, 2.45) is 0 Å². The fourth-order valence-corrected chi connectivity index (χ4v) is 9.68. The third-order valence-electron chi connectivity index (χ3n) is 5.80. The largest absolute Gasteiger partial charge is 0.493 e. The first-order chi connectivity index (χ1) is 16.1. The number of hydrogen-bond acceptors (Lipinski definition) is 3. The Bertz CT molecular complexity index is 1130. The van der Waals surface area contributed by atoms with Crippen LogP contribution in [0, 0.1) is 3.57 Å². The molecule has 33 heavy (non-hydrogen) atoms. The molecule has 0 aliphatic rings. The van der Waals surface area contributed by atoms with E-state index in [1.165, 1.54) is 25.0 Å². The summed E-state index contributed by atoms with van der Waals surface area (Å²) in [6.45, 7) is 0. The fraction of sp³-hybridized carbons (Fsp3) is 0.143. The van der Waals surface area contributed by atoms with Gasteiger partial charge in [-0.05, 0) is 76.7 Å². The van der Waals surface area contributed by atoms with Gasteiger partial charge in [0.2, 0.25) is 0 Å². The maximum Gasteiger partial charge on any atom is 0.161 e. The second kappa shape index (κ2) is 10.6. The van der Waals surface area contributed by atoms with Gasteiger partial charge >= 0.3 is 0 Å². The molecule has 168 valence electrons. The molecule has 0 spiro atoms. The Hall–Kier alpha value is -2.56. The molecule has 3 nitrogen and oxygen atoms in total. The Morgan fingerprint density at radius 2 is 1.00 bits per heavy atom. The monoisotopic (exact) mass is 569 g/mol. The van der Waals surface area contributed by atoms with Gasteiger partial charge in [-0.25, -0.2) is 0 Å². The molecule has 0 saturated heterocycles. The lowest BCUT2D eigenvalue weighted by Gasteiger charge is -2.30. The van der Waals surface area contributed by atoms with Gasteiger partial charge in [0.25, 0.3) is 0 Å². The van der Waals surface area contributed by atoms with Crippen molar-refractivity contribution in [3.8, 4) is 17.2 Å². The fourth-order valence-electron chi connectivity index (χ4n) is 4.39. The molecule has 0 fully saturated rings. The summed E-state index contributed by atoms with van der Waals surface area (Å²) in [5.74, 6) is 2.61. The van der Waals surface area contributed by atoms with Crippen LogP contribution >= 0.6 is 29.9 Å². The highest BCUT2D eigenvalue weighted by Gasteiger charge is 2.51. The van der Waals surface area contributed by atoms with Crippen molar-refractivity contribution in [2.45, 2.75) is 6.16 Å². The molecule has 0 aromatic heterocycles. The predicted molar refractivity (Wildman–Crippen MR) is 148 cm³/mol. The molecule has 0 bridgehead atoms. The van der Waals surface area contributed by atoms with E-state index in [9.17, 15) is 0 Å². The van der Waals surface area contributed by atoms with Crippen molar-refractivity contribution < 1.29 is 14.2 Å². The highest BCUT2D eigenvalue weighted by molar-refractivity contribution is 14.1. The van der Waals surface area contributed by atoms with Gasteiger partial charge in [-0.1, -0.05) is 48.5 Å². The molecular weight excluding hydrogens is 542 g/mol. The van der Waals surface area contributed by atoms with E-state index in [0.29, 0.717) is 0 Å². The maximum absolute atomic E-state index is 5.95. The van der Waals surface area contributed by atoms with Crippen LogP contribution in [0.4, 0.5) is 0 Å². The average molecular weight is 569 g/mol. The molecule has 0 saturated carbocycles. The van der Waals surface area contributed by atoms with Crippen molar-refractivity contribution in [1.82, 2.24) is 0 Å².